The number of nitrogens with zero attached hydrogens (tertiary/aromatic N) is 4. The molecule has 1 fully saturated rings. The molecule has 0 N–H and O–H groups in total. The first kappa shape index (κ1) is 11.5. The van der Waals surface area contributed by atoms with Gasteiger partial charge >= 0.3 is 0 Å². The van der Waals surface area contributed by atoms with E-state index in [1.165, 1.54) is 10.9 Å². The Balaban J connectivity index is 1.62. The van der Waals surface area contributed by atoms with Crippen LogP contribution in [0.25, 0.3) is 10.9 Å². The molecule has 3 heterocycles. The van der Waals surface area contributed by atoms with E-state index in [-0.39, 0.29) is 0 Å². The number of benzene rings is 1. The highest BCUT2D eigenvalue weighted by Gasteiger charge is 2.26. The van der Waals surface area contributed by atoms with Gasteiger partial charge in [-0.3, -0.25) is 4.68 Å². The number of hydrogen-bond donors (Lipinski definition) is 0. The van der Waals surface area contributed by atoms with Gasteiger partial charge < -0.3 is 4.90 Å². The summed E-state index contributed by atoms with van der Waals surface area (Å²) >= 11 is 0. The summed E-state index contributed by atoms with van der Waals surface area (Å²) in [7, 11) is 0. The molecule has 0 bridgehead atoms. The molecule has 0 aliphatic carbocycles. The predicted molar refractivity (Wildman–Crippen MR) is 79.8 cm³/mol. The van der Waals surface area contributed by atoms with E-state index in [0.717, 1.165) is 25.3 Å². The maximum atomic E-state index is 4.58. The highest BCUT2D eigenvalue weighted by Crippen LogP contribution is 2.27. The Kier molecular flexibility index (Phi) is 2.66. The van der Waals surface area contributed by atoms with Gasteiger partial charge in [0.2, 0.25) is 0 Å². The van der Waals surface area contributed by atoms with E-state index in [1.54, 1.807) is 0 Å². The topological polar surface area (TPSA) is 34.0 Å². The van der Waals surface area contributed by atoms with E-state index >= 15 is 0 Å². The smallest absolute Gasteiger partial charge is 0.128 e. The van der Waals surface area contributed by atoms with Gasteiger partial charge in [-0.2, -0.15) is 5.10 Å². The largest absolute Gasteiger partial charge is 0.354 e. The fraction of sp³-hybridized carbons (Fsp3) is 0.250. The summed E-state index contributed by atoms with van der Waals surface area (Å²) < 4.78 is 2.16. The van der Waals surface area contributed by atoms with Crippen molar-refractivity contribution in [1.82, 2.24) is 14.8 Å². The van der Waals surface area contributed by atoms with Crippen molar-refractivity contribution in [3.8, 4) is 0 Å². The summed E-state index contributed by atoms with van der Waals surface area (Å²) in [6, 6.07) is 14.9. The first-order valence-corrected chi connectivity index (χ1v) is 7.00. The fourth-order valence-corrected chi connectivity index (χ4v) is 2.97. The van der Waals surface area contributed by atoms with Crippen molar-refractivity contribution in [2.24, 2.45) is 0 Å². The van der Waals surface area contributed by atoms with Gasteiger partial charge in [-0.15, -0.1) is 0 Å². The van der Waals surface area contributed by atoms with Crippen molar-refractivity contribution in [3.63, 3.8) is 0 Å². The molecule has 1 saturated heterocycles. The minimum absolute atomic E-state index is 0.428. The Labute approximate surface area is 117 Å². The van der Waals surface area contributed by atoms with Crippen LogP contribution >= 0.6 is 0 Å². The van der Waals surface area contributed by atoms with Crippen LogP contribution in [0.5, 0.6) is 0 Å². The monoisotopic (exact) mass is 264 g/mol. The molecule has 1 aromatic carbocycles. The number of anilines is 1. The summed E-state index contributed by atoms with van der Waals surface area (Å²) in [6.45, 7) is 2.01. The van der Waals surface area contributed by atoms with Crippen molar-refractivity contribution >= 4 is 16.7 Å². The van der Waals surface area contributed by atoms with E-state index in [4.69, 9.17) is 0 Å². The molecule has 0 saturated carbocycles. The van der Waals surface area contributed by atoms with Crippen LogP contribution in [0, 0.1) is 0 Å². The molecule has 2 aromatic heterocycles. The quantitative estimate of drug-likeness (QED) is 0.713. The number of pyridine rings is 1. The Morgan fingerprint density at radius 2 is 1.95 bits per heavy atom. The van der Waals surface area contributed by atoms with Gasteiger partial charge in [-0.1, -0.05) is 24.3 Å². The van der Waals surface area contributed by atoms with Crippen LogP contribution < -0.4 is 4.90 Å². The predicted octanol–water partition coefficient (Wildman–Crippen LogP) is 2.88. The third kappa shape index (κ3) is 1.84. The number of aromatic nitrogens is 3. The number of fused-ring (bicyclic) bond motifs is 1. The first-order valence-electron chi connectivity index (χ1n) is 7.00. The molecule has 1 aliphatic heterocycles. The van der Waals surface area contributed by atoms with Crippen molar-refractivity contribution in [1.29, 1.82) is 0 Å². The van der Waals surface area contributed by atoms with Gasteiger partial charge in [0, 0.05) is 24.7 Å². The third-order valence-electron chi connectivity index (χ3n) is 3.99. The number of hydrogen-bond acceptors (Lipinski definition) is 3. The van der Waals surface area contributed by atoms with Crippen molar-refractivity contribution in [2.75, 3.05) is 18.0 Å². The van der Waals surface area contributed by atoms with Crippen LogP contribution in [-0.2, 0) is 0 Å². The van der Waals surface area contributed by atoms with Crippen LogP contribution in [0.3, 0.4) is 0 Å². The van der Waals surface area contributed by atoms with Crippen LogP contribution in [0.4, 0.5) is 5.82 Å². The second kappa shape index (κ2) is 4.63. The molecule has 1 aliphatic rings. The Bertz CT molecular complexity index is 719. The van der Waals surface area contributed by atoms with E-state index in [1.807, 2.05) is 24.5 Å². The highest BCUT2D eigenvalue weighted by molar-refractivity contribution is 5.78. The number of para-hydroxylation sites is 1. The average molecular weight is 264 g/mol. The normalized spacial score (nSPS) is 18.8. The van der Waals surface area contributed by atoms with Crippen LogP contribution in [0.1, 0.15) is 12.5 Å². The zero-order valence-corrected chi connectivity index (χ0v) is 11.2. The lowest BCUT2D eigenvalue weighted by Gasteiger charge is -2.17. The molecule has 3 aromatic rings. The lowest BCUT2D eigenvalue weighted by molar-refractivity contribution is 0.511. The van der Waals surface area contributed by atoms with Crippen molar-refractivity contribution < 1.29 is 0 Å². The molecule has 4 nitrogen and oxygen atoms in total. The third-order valence-corrected chi connectivity index (χ3v) is 3.99. The summed E-state index contributed by atoms with van der Waals surface area (Å²) in [4.78, 5) is 6.77. The molecule has 1 unspecified atom stereocenters. The van der Waals surface area contributed by atoms with E-state index in [0.29, 0.717) is 6.04 Å². The molecule has 0 amide bonds. The minimum Gasteiger partial charge on any atom is -0.354 e. The molecular formula is C16H16N4. The molecule has 4 heteroatoms. The standard InChI is InChI=1S/C16H16N4/c1-2-6-15-13(5-1)11-18-20(15)14-8-10-19(12-14)16-7-3-4-9-17-16/h1-7,9,11,14H,8,10,12H2. The summed E-state index contributed by atoms with van der Waals surface area (Å²) in [5.41, 5.74) is 1.22. The SMILES string of the molecule is c1ccc(N2CCC(n3ncc4ccccc43)C2)nc1. The lowest BCUT2D eigenvalue weighted by atomic mass is 10.2. The van der Waals surface area contributed by atoms with E-state index in [2.05, 4.69) is 50.0 Å². The molecule has 0 radical (unpaired) electrons. The van der Waals surface area contributed by atoms with Crippen LogP contribution in [0.15, 0.2) is 54.9 Å². The zero-order valence-electron chi connectivity index (χ0n) is 11.2. The van der Waals surface area contributed by atoms with Crippen molar-refractivity contribution in [2.45, 2.75) is 12.5 Å². The lowest BCUT2D eigenvalue weighted by Crippen LogP contribution is -2.22. The van der Waals surface area contributed by atoms with Gasteiger partial charge in [-0.25, -0.2) is 4.98 Å². The van der Waals surface area contributed by atoms with Gasteiger partial charge in [0.1, 0.15) is 5.82 Å². The van der Waals surface area contributed by atoms with Crippen LogP contribution in [0.2, 0.25) is 0 Å². The summed E-state index contributed by atoms with van der Waals surface area (Å²) in [5.74, 6) is 1.06. The molecular weight excluding hydrogens is 248 g/mol. The van der Waals surface area contributed by atoms with Crippen LogP contribution in [-0.4, -0.2) is 27.9 Å². The fourth-order valence-electron chi connectivity index (χ4n) is 2.97. The maximum absolute atomic E-state index is 4.58. The molecule has 20 heavy (non-hydrogen) atoms. The van der Waals surface area contributed by atoms with Crippen molar-refractivity contribution in [3.05, 3.63) is 54.9 Å². The average Bonchev–Trinajstić information content (AvgIpc) is 3.14. The molecule has 0 spiro atoms. The number of rotatable bonds is 2. The highest BCUT2D eigenvalue weighted by atomic mass is 15.3. The summed E-state index contributed by atoms with van der Waals surface area (Å²) in [6.07, 6.45) is 4.92. The molecule has 100 valence electrons. The molecule has 1 atom stereocenters. The molecule has 4 rings (SSSR count). The van der Waals surface area contributed by atoms with Gasteiger partial charge in [0.15, 0.2) is 0 Å². The zero-order chi connectivity index (χ0) is 13.4. The Morgan fingerprint density at radius 1 is 1.05 bits per heavy atom. The first-order chi connectivity index (χ1) is 9.92. The van der Waals surface area contributed by atoms with Gasteiger partial charge in [0.05, 0.1) is 17.8 Å². The minimum atomic E-state index is 0.428. The van der Waals surface area contributed by atoms with E-state index < -0.39 is 0 Å². The Morgan fingerprint density at radius 3 is 2.85 bits per heavy atom. The Hall–Kier alpha value is -2.36. The van der Waals surface area contributed by atoms with Gasteiger partial charge in [0.25, 0.3) is 0 Å². The second-order valence-corrected chi connectivity index (χ2v) is 5.22. The summed E-state index contributed by atoms with van der Waals surface area (Å²) in [5, 5.41) is 5.79. The van der Waals surface area contributed by atoms with E-state index in [9.17, 15) is 0 Å². The van der Waals surface area contributed by atoms with Gasteiger partial charge in [-0.05, 0) is 24.6 Å². The maximum Gasteiger partial charge on any atom is 0.128 e. The second-order valence-electron chi connectivity index (χ2n) is 5.22.